The fourth-order valence-corrected chi connectivity index (χ4v) is 3.47. The number of nitrogens with two attached hydrogens (primary N) is 1. The molecular weight excluding hydrogens is 184 g/mol. The van der Waals surface area contributed by atoms with Gasteiger partial charge in [-0.2, -0.15) is 0 Å². The Balaban J connectivity index is 1.93. The highest BCUT2D eigenvalue weighted by Gasteiger charge is 2.34. The second kappa shape index (κ2) is 4.84. The van der Waals surface area contributed by atoms with Crippen LogP contribution >= 0.6 is 0 Å². The van der Waals surface area contributed by atoms with E-state index in [2.05, 4.69) is 18.7 Å². The summed E-state index contributed by atoms with van der Waals surface area (Å²) in [4.78, 5) is 2.73. The second-order valence-electron chi connectivity index (χ2n) is 5.59. The zero-order valence-corrected chi connectivity index (χ0v) is 10.3. The molecule has 1 aliphatic heterocycles. The van der Waals surface area contributed by atoms with Gasteiger partial charge in [0.05, 0.1) is 0 Å². The summed E-state index contributed by atoms with van der Waals surface area (Å²) in [6.07, 6.45) is 6.90. The highest BCUT2D eigenvalue weighted by Crippen LogP contribution is 2.34. The van der Waals surface area contributed by atoms with Crippen molar-refractivity contribution < 1.29 is 0 Å². The lowest BCUT2D eigenvalue weighted by atomic mass is 9.91. The van der Waals surface area contributed by atoms with E-state index in [1.165, 1.54) is 45.2 Å². The molecule has 0 amide bonds. The molecule has 4 atom stereocenters. The van der Waals surface area contributed by atoms with Crippen LogP contribution in [-0.2, 0) is 0 Å². The fraction of sp³-hybridized carbons (Fsp3) is 1.00. The Kier molecular flexibility index (Phi) is 3.68. The van der Waals surface area contributed by atoms with Crippen LogP contribution in [0.25, 0.3) is 0 Å². The van der Waals surface area contributed by atoms with Crippen molar-refractivity contribution in [2.24, 2.45) is 17.6 Å². The van der Waals surface area contributed by atoms with Gasteiger partial charge in [0.25, 0.3) is 0 Å². The van der Waals surface area contributed by atoms with Gasteiger partial charge in [-0.3, -0.25) is 4.90 Å². The summed E-state index contributed by atoms with van der Waals surface area (Å²) in [6.45, 7) is 7.14. The molecule has 2 nitrogen and oxygen atoms in total. The van der Waals surface area contributed by atoms with Gasteiger partial charge >= 0.3 is 0 Å². The maximum Gasteiger partial charge on any atom is 0.0123 e. The largest absolute Gasteiger partial charge is 0.327 e. The van der Waals surface area contributed by atoms with Crippen LogP contribution in [0.3, 0.4) is 0 Å². The maximum atomic E-state index is 6.08. The average molecular weight is 210 g/mol. The molecule has 2 aliphatic rings. The van der Waals surface area contributed by atoms with Crippen molar-refractivity contribution in [3.05, 3.63) is 0 Å². The van der Waals surface area contributed by atoms with Crippen molar-refractivity contribution in [2.45, 2.75) is 58.0 Å². The van der Waals surface area contributed by atoms with Crippen molar-refractivity contribution in [3.8, 4) is 0 Å². The van der Waals surface area contributed by atoms with Gasteiger partial charge in [0.15, 0.2) is 0 Å². The highest BCUT2D eigenvalue weighted by atomic mass is 15.2. The highest BCUT2D eigenvalue weighted by molar-refractivity contribution is 4.89. The van der Waals surface area contributed by atoms with E-state index in [1.54, 1.807) is 0 Å². The minimum absolute atomic E-state index is 0.447. The van der Waals surface area contributed by atoms with Crippen LogP contribution in [-0.4, -0.2) is 30.1 Å². The Morgan fingerprint density at radius 2 is 2.07 bits per heavy atom. The van der Waals surface area contributed by atoms with Crippen LogP contribution in [0.4, 0.5) is 0 Å². The summed E-state index contributed by atoms with van der Waals surface area (Å²) in [7, 11) is 0. The third-order valence-corrected chi connectivity index (χ3v) is 4.62. The molecule has 2 heteroatoms. The lowest BCUT2D eigenvalue weighted by Crippen LogP contribution is -2.50. The number of hydrogen-bond donors (Lipinski definition) is 1. The molecule has 1 saturated heterocycles. The zero-order chi connectivity index (χ0) is 10.8. The first kappa shape index (κ1) is 11.4. The molecule has 0 aromatic heterocycles. The van der Waals surface area contributed by atoms with Gasteiger partial charge in [-0.05, 0) is 37.6 Å². The first-order valence-electron chi connectivity index (χ1n) is 6.72. The Bertz CT molecular complexity index is 205. The molecule has 15 heavy (non-hydrogen) atoms. The van der Waals surface area contributed by atoms with Gasteiger partial charge in [0, 0.05) is 18.6 Å². The summed E-state index contributed by atoms with van der Waals surface area (Å²) in [5, 5.41) is 0. The summed E-state index contributed by atoms with van der Waals surface area (Å²) in [6, 6.07) is 1.33. The lowest BCUT2D eigenvalue weighted by Gasteiger charge is -2.40. The van der Waals surface area contributed by atoms with Gasteiger partial charge in [-0.15, -0.1) is 0 Å². The molecule has 2 N–H and O–H groups in total. The molecule has 1 saturated carbocycles. The quantitative estimate of drug-likeness (QED) is 0.757. The Labute approximate surface area is 94.2 Å². The van der Waals surface area contributed by atoms with Crippen molar-refractivity contribution >= 4 is 0 Å². The van der Waals surface area contributed by atoms with Gasteiger partial charge in [0.2, 0.25) is 0 Å². The minimum atomic E-state index is 0.447. The lowest BCUT2D eigenvalue weighted by molar-refractivity contribution is 0.0928. The number of likely N-dealkylation sites (tertiary alicyclic amines) is 1. The van der Waals surface area contributed by atoms with Crippen LogP contribution in [0.5, 0.6) is 0 Å². The van der Waals surface area contributed by atoms with Crippen molar-refractivity contribution in [1.29, 1.82) is 0 Å². The molecule has 0 spiro atoms. The molecule has 0 bridgehead atoms. The van der Waals surface area contributed by atoms with Gasteiger partial charge < -0.3 is 5.73 Å². The Morgan fingerprint density at radius 3 is 2.73 bits per heavy atom. The first-order chi connectivity index (χ1) is 7.22. The standard InChI is InChI=1S/C13H26N2/c1-3-11-5-4-6-13(11)15-8-7-12(14)10(2)9-15/h10-13H,3-9,14H2,1-2H3. The molecule has 1 aliphatic carbocycles. The van der Waals surface area contributed by atoms with E-state index >= 15 is 0 Å². The van der Waals surface area contributed by atoms with Crippen LogP contribution in [0.1, 0.15) is 46.0 Å². The minimum Gasteiger partial charge on any atom is -0.327 e. The number of nitrogens with zero attached hydrogens (tertiary/aromatic N) is 1. The SMILES string of the molecule is CCC1CCCC1N1CCC(N)C(C)C1. The van der Waals surface area contributed by atoms with E-state index in [1.807, 2.05) is 0 Å². The number of hydrogen-bond acceptors (Lipinski definition) is 2. The van der Waals surface area contributed by atoms with E-state index in [9.17, 15) is 0 Å². The van der Waals surface area contributed by atoms with E-state index in [0.717, 1.165) is 12.0 Å². The third kappa shape index (κ3) is 2.36. The summed E-state index contributed by atoms with van der Waals surface area (Å²) >= 11 is 0. The molecular formula is C13H26N2. The molecule has 88 valence electrons. The van der Waals surface area contributed by atoms with Crippen LogP contribution in [0.2, 0.25) is 0 Å². The molecule has 1 heterocycles. The van der Waals surface area contributed by atoms with Crippen molar-refractivity contribution in [2.75, 3.05) is 13.1 Å². The zero-order valence-electron chi connectivity index (χ0n) is 10.3. The van der Waals surface area contributed by atoms with Crippen LogP contribution < -0.4 is 5.73 Å². The predicted octanol–water partition coefficient (Wildman–Crippen LogP) is 2.23. The normalized spacial score (nSPS) is 43.4. The molecule has 4 unspecified atom stereocenters. The van der Waals surface area contributed by atoms with Crippen LogP contribution in [0.15, 0.2) is 0 Å². The topological polar surface area (TPSA) is 29.3 Å². The third-order valence-electron chi connectivity index (χ3n) is 4.62. The van der Waals surface area contributed by atoms with E-state index in [4.69, 9.17) is 5.73 Å². The molecule has 0 radical (unpaired) electrons. The second-order valence-corrected chi connectivity index (χ2v) is 5.59. The van der Waals surface area contributed by atoms with Gasteiger partial charge in [-0.1, -0.05) is 26.7 Å². The first-order valence-corrected chi connectivity index (χ1v) is 6.72. The monoisotopic (exact) mass is 210 g/mol. The van der Waals surface area contributed by atoms with E-state index in [0.29, 0.717) is 12.0 Å². The van der Waals surface area contributed by atoms with Gasteiger partial charge in [0.1, 0.15) is 0 Å². The maximum absolute atomic E-state index is 6.08. The molecule has 0 aromatic carbocycles. The number of rotatable bonds is 2. The summed E-state index contributed by atoms with van der Waals surface area (Å²) in [5.41, 5.74) is 6.08. The molecule has 2 rings (SSSR count). The Hall–Kier alpha value is -0.0800. The number of piperidine rings is 1. The van der Waals surface area contributed by atoms with Crippen molar-refractivity contribution in [3.63, 3.8) is 0 Å². The Morgan fingerprint density at radius 1 is 1.27 bits per heavy atom. The van der Waals surface area contributed by atoms with Gasteiger partial charge in [-0.25, -0.2) is 0 Å². The van der Waals surface area contributed by atoms with E-state index < -0.39 is 0 Å². The molecule has 2 fully saturated rings. The van der Waals surface area contributed by atoms with E-state index in [-0.39, 0.29) is 0 Å². The van der Waals surface area contributed by atoms with Crippen molar-refractivity contribution in [1.82, 2.24) is 4.90 Å². The smallest absolute Gasteiger partial charge is 0.0123 e. The predicted molar refractivity (Wildman–Crippen MR) is 64.7 cm³/mol. The fourth-order valence-electron chi connectivity index (χ4n) is 3.47. The summed E-state index contributed by atoms with van der Waals surface area (Å²) < 4.78 is 0. The van der Waals surface area contributed by atoms with Crippen LogP contribution in [0, 0.1) is 11.8 Å². The molecule has 0 aromatic rings. The average Bonchev–Trinajstić information content (AvgIpc) is 2.70. The summed E-state index contributed by atoms with van der Waals surface area (Å²) in [5.74, 6) is 1.66.